The lowest BCUT2D eigenvalue weighted by Crippen LogP contribution is -2.49. The van der Waals surface area contributed by atoms with Crippen molar-refractivity contribution in [3.8, 4) is 0 Å². The molecular weight excluding hydrogens is 280 g/mol. The third-order valence-electron chi connectivity index (χ3n) is 3.23. The van der Waals surface area contributed by atoms with Gasteiger partial charge in [0.1, 0.15) is 5.54 Å². The van der Waals surface area contributed by atoms with Gasteiger partial charge in [-0.15, -0.1) is 12.4 Å². The predicted octanol–water partition coefficient (Wildman–Crippen LogP) is 1.94. The molecule has 1 saturated carbocycles. The highest BCUT2D eigenvalue weighted by atomic mass is 35.5. The van der Waals surface area contributed by atoms with Crippen LogP contribution in [0.25, 0.3) is 0 Å². The largest absolute Gasteiger partial charge is 0.480 e. The number of aliphatic carboxylic acids is 1. The van der Waals surface area contributed by atoms with Gasteiger partial charge in [0, 0.05) is 5.56 Å². The molecule has 0 radical (unpaired) electrons. The summed E-state index contributed by atoms with van der Waals surface area (Å²) < 4.78 is 0. The highest BCUT2D eigenvalue weighted by Gasteiger charge is 2.34. The van der Waals surface area contributed by atoms with Crippen LogP contribution in [0.15, 0.2) is 30.3 Å². The van der Waals surface area contributed by atoms with Gasteiger partial charge >= 0.3 is 5.97 Å². The third kappa shape index (κ3) is 5.59. The van der Waals surface area contributed by atoms with Gasteiger partial charge in [0.25, 0.3) is 0 Å². The van der Waals surface area contributed by atoms with E-state index in [0.717, 1.165) is 19.3 Å². The molecule has 0 aromatic heterocycles. The van der Waals surface area contributed by atoms with Crippen molar-refractivity contribution in [1.82, 2.24) is 0 Å². The van der Waals surface area contributed by atoms with Gasteiger partial charge in [-0.05, 0) is 25.0 Å². The number of primary amides is 1. The maximum absolute atomic E-state index is 10.6. The zero-order chi connectivity index (χ0) is 14.3. The van der Waals surface area contributed by atoms with Crippen LogP contribution in [0.1, 0.15) is 42.5 Å². The lowest BCUT2D eigenvalue weighted by molar-refractivity contribution is -0.144. The Balaban J connectivity index is 0.000000345. The number of hydrogen-bond acceptors (Lipinski definition) is 3. The zero-order valence-corrected chi connectivity index (χ0v) is 12.1. The maximum atomic E-state index is 10.6. The summed E-state index contributed by atoms with van der Waals surface area (Å²) in [4.78, 5) is 21.0. The molecule has 6 heteroatoms. The molecule has 2 rings (SSSR count). The zero-order valence-electron chi connectivity index (χ0n) is 11.2. The number of carbonyl (C=O) groups excluding carboxylic acids is 1. The Kier molecular flexibility index (Phi) is 7.87. The molecule has 0 atom stereocenters. The number of carbonyl (C=O) groups is 2. The van der Waals surface area contributed by atoms with Crippen molar-refractivity contribution in [3.63, 3.8) is 0 Å². The third-order valence-corrected chi connectivity index (χ3v) is 3.23. The molecular formula is C14H21ClN2O3. The summed E-state index contributed by atoms with van der Waals surface area (Å²) in [5.41, 5.74) is 10.2. The molecule has 0 unspecified atom stereocenters. The lowest BCUT2D eigenvalue weighted by atomic mass is 9.83. The van der Waals surface area contributed by atoms with Crippen LogP contribution in [0.3, 0.4) is 0 Å². The molecule has 0 heterocycles. The molecule has 0 bridgehead atoms. The van der Waals surface area contributed by atoms with Gasteiger partial charge in [-0.2, -0.15) is 0 Å². The standard InChI is InChI=1S/C7H13NO2.C7H7NO.ClH/c8-7(6(9)10)4-2-1-3-5-7;8-7(9)6-4-2-1-3-5-6;/h1-5,8H2,(H,9,10);1-5H,(H2,8,9);1H. The van der Waals surface area contributed by atoms with Crippen molar-refractivity contribution in [2.45, 2.75) is 37.6 Å². The van der Waals surface area contributed by atoms with Gasteiger partial charge in [-0.25, -0.2) is 0 Å². The van der Waals surface area contributed by atoms with Gasteiger partial charge in [-0.3, -0.25) is 9.59 Å². The van der Waals surface area contributed by atoms with E-state index in [-0.39, 0.29) is 18.3 Å². The summed E-state index contributed by atoms with van der Waals surface area (Å²) in [6.45, 7) is 0. The Hall–Kier alpha value is -1.59. The van der Waals surface area contributed by atoms with Gasteiger partial charge in [-0.1, -0.05) is 37.5 Å². The second-order valence-electron chi connectivity index (χ2n) is 4.75. The van der Waals surface area contributed by atoms with Crippen LogP contribution in [-0.2, 0) is 4.79 Å². The Morgan fingerprint density at radius 1 is 1.05 bits per heavy atom. The number of hydrogen-bond donors (Lipinski definition) is 3. The summed E-state index contributed by atoms with van der Waals surface area (Å²) in [7, 11) is 0. The van der Waals surface area contributed by atoms with Crippen molar-refractivity contribution >= 4 is 24.3 Å². The molecule has 0 aliphatic heterocycles. The second-order valence-corrected chi connectivity index (χ2v) is 4.75. The number of rotatable bonds is 2. The van der Waals surface area contributed by atoms with E-state index < -0.39 is 11.5 Å². The van der Waals surface area contributed by atoms with E-state index >= 15 is 0 Å². The van der Waals surface area contributed by atoms with Crippen molar-refractivity contribution in [1.29, 1.82) is 0 Å². The highest BCUT2D eigenvalue weighted by molar-refractivity contribution is 5.92. The van der Waals surface area contributed by atoms with E-state index in [9.17, 15) is 9.59 Å². The van der Waals surface area contributed by atoms with Gasteiger partial charge in [0.2, 0.25) is 5.91 Å². The molecule has 5 N–H and O–H groups in total. The Morgan fingerprint density at radius 3 is 1.85 bits per heavy atom. The van der Waals surface area contributed by atoms with Crippen LogP contribution >= 0.6 is 12.4 Å². The number of halogens is 1. The first-order valence-corrected chi connectivity index (χ1v) is 6.33. The second kappa shape index (κ2) is 8.55. The number of benzene rings is 1. The monoisotopic (exact) mass is 300 g/mol. The molecule has 1 aliphatic carbocycles. The Labute approximate surface area is 124 Å². The summed E-state index contributed by atoms with van der Waals surface area (Å²) in [5.74, 6) is -1.22. The lowest BCUT2D eigenvalue weighted by Gasteiger charge is -2.28. The predicted molar refractivity (Wildman–Crippen MR) is 79.8 cm³/mol. The number of carboxylic acid groups (broad SMARTS) is 1. The molecule has 5 nitrogen and oxygen atoms in total. The summed E-state index contributed by atoms with van der Waals surface area (Å²) in [6, 6.07) is 8.76. The average molecular weight is 301 g/mol. The SMILES string of the molecule is Cl.NC(=O)c1ccccc1.NC1(C(=O)O)CCCCC1. The van der Waals surface area contributed by atoms with Crippen LogP contribution in [0.5, 0.6) is 0 Å². The van der Waals surface area contributed by atoms with Gasteiger partial charge in [0.15, 0.2) is 0 Å². The highest BCUT2D eigenvalue weighted by Crippen LogP contribution is 2.25. The number of nitrogens with two attached hydrogens (primary N) is 2. The summed E-state index contributed by atoms with van der Waals surface area (Å²) in [6.07, 6.45) is 4.34. The van der Waals surface area contributed by atoms with E-state index in [1.807, 2.05) is 6.07 Å². The van der Waals surface area contributed by atoms with Gasteiger partial charge < -0.3 is 16.6 Å². The molecule has 1 aromatic carbocycles. The van der Waals surface area contributed by atoms with E-state index in [2.05, 4.69) is 0 Å². The smallest absolute Gasteiger partial charge is 0.323 e. The quantitative estimate of drug-likeness (QED) is 0.776. The minimum Gasteiger partial charge on any atom is -0.480 e. The molecule has 1 aliphatic rings. The van der Waals surface area contributed by atoms with Crippen LogP contribution in [-0.4, -0.2) is 22.5 Å². The van der Waals surface area contributed by atoms with Crippen molar-refractivity contribution in [2.24, 2.45) is 11.5 Å². The summed E-state index contributed by atoms with van der Waals surface area (Å²) >= 11 is 0. The van der Waals surface area contributed by atoms with E-state index in [4.69, 9.17) is 16.6 Å². The van der Waals surface area contributed by atoms with Crippen molar-refractivity contribution in [2.75, 3.05) is 0 Å². The fourth-order valence-electron chi connectivity index (χ4n) is 2.00. The normalized spacial score (nSPS) is 16.1. The van der Waals surface area contributed by atoms with E-state index in [1.165, 1.54) is 0 Å². The van der Waals surface area contributed by atoms with Crippen LogP contribution < -0.4 is 11.5 Å². The summed E-state index contributed by atoms with van der Waals surface area (Å²) in [5, 5.41) is 8.67. The van der Waals surface area contributed by atoms with Crippen LogP contribution in [0, 0.1) is 0 Å². The van der Waals surface area contributed by atoms with Gasteiger partial charge in [0.05, 0.1) is 0 Å². The van der Waals surface area contributed by atoms with E-state index in [1.54, 1.807) is 24.3 Å². The first-order valence-electron chi connectivity index (χ1n) is 6.33. The molecule has 1 fully saturated rings. The molecule has 20 heavy (non-hydrogen) atoms. The van der Waals surface area contributed by atoms with Crippen molar-refractivity contribution < 1.29 is 14.7 Å². The fraction of sp³-hybridized carbons (Fsp3) is 0.429. The minimum atomic E-state index is -0.905. The topological polar surface area (TPSA) is 106 Å². The van der Waals surface area contributed by atoms with Crippen LogP contribution in [0.2, 0.25) is 0 Å². The molecule has 0 spiro atoms. The first-order chi connectivity index (χ1) is 8.96. The first kappa shape index (κ1) is 18.4. The Morgan fingerprint density at radius 2 is 1.55 bits per heavy atom. The van der Waals surface area contributed by atoms with Crippen molar-refractivity contribution in [3.05, 3.63) is 35.9 Å². The molecule has 112 valence electrons. The fourth-order valence-corrected chi connectivity index (χ4v) is 2.00. The number of amides is 1. The average Bonchev–Trinajstić information content (AvgIpc) is 2.41. The molecule has 1 amide bonds. The maximum Gasteiger partial charge on any atom is 0.323 e. The number of carboxylic acids is 1. The minimum absolute atomic E-state index is 0. The van der Waals surface area contributed by atoms with Crippen LogP contribution in [0.4, 0.5) is 0 Å². The molecule has 1 aromatic rings. The van der Waals surface area contributed by atoms with E-state index in [0.29, 0.717) is 18.4 Å². The Bertz CT molecular complexity index is 431. The molecule has 0 saturated heterocycles.